The van der Waals surface area contributed by atoms with Crippen LogP contribution in [-0.4, -0.2) is 24.0 Å². The Balaban J connectivity index is 2.21. The number of ether oxygens (including phenoxy) is 1. The number of anilines is 1. The van der Waals surface area contributed by atoms with Crippen LogP contribution >= 0.6 is 34.5 Å². The fraction of sp³-hybridized carbons (Fsp3) is 0.0833. The summed E-state index contributed by atoms with van der Waals surface area (Å²) >= 11 is 12.8. The van der Waals surface area contributed by atoms with Gasteiger partial charge < -0.3 is 4.74 Å². The Labute approximate surface area is 128 Å². The van der Waals surface area contributed by atoms with Gasteiger partial charge in [0.15, 0.2) is 5.13 Å². The summed E-state index contributed by atoms with van der Waals surface area (Å²) in [5.41, 5.74) is 0.578. The lowest BCUT2D eigenvalue weighted by Gasteiger charge is -2.00. The SMILES string of the molecule is COC(=O)Nc1nc(C(=O)c2ccc(Cl)c(Cl)c2)cs1. The van der Waals surface area contributed by atoms with Crippen molar-refractivity contribution in [2.24, 2.45) is 0 Å². The van der Waals surface area contributed by atoms with Gasteiger partial charge in [0.05, 0.1) is 17.2 Å². The van der Waals surface area contributed by atoms with Crippen LogP contribution in [0.3, 0.4) is 0 Å². The van der Waals surface area contributed by atoms with Crippen LogP contribution in [0.1, 0.15) is 16.1 Å². The molecule has 0 aliphatic carbocycles. The number of amides is 1. The first-order valence-electron chi connectivity index (χ1n) is 5.31. The highest BCUT2D eigenvalue weighted by Gasteiger charge is 2.15. The van der Waals surface area contributed by atoms with Gasteiger partial charge in [-0.2, -0.15) is 0 Å². The van der Waals surface area contributed by atoms with E-state index < -0.39 is 6.09 Å². The van der Waals surface area contributed by atoms with Gasteiger partial charge in [-0.3, -0.25) is 10.1 Å². The van der Waals surface area contributed by atoms with Gasteiger partial charge >= 0.3 is 6.09 Å². The van der Waals surface area contributed by atoms with Crippen molar-refractivity contribution < 1.29 is 14.3 Å². The highest BCUT2D eigenvalue weighted by Crippen LogP contribution is 2.25. The molecule has 0 radical (unpaired) electrons. The number of methoxy groups -OCH3 is 1. The zero-order valence-electron chi connectivity index (χ0n) is 10.1. The van der Waals surface area contributed by atoms with Crippen molar-refractivity contribution in [3.05, 3.63) is 44.9 Å². The van der Waals surface area contributed by atoms with E-state index in [4.69, 9.17) is 23.2 Å². The molecule has 1 N–H and O–H groups in total. The van der Waals surface area contributed by atoms with Crippen molar-refractivity contribution in [1.82, 2.24) is 4.98 Å². The molecule has 1 aromatic heterocycles. The molecule has 5 nitrogen and oxygen atoms in total. The fourth-order valence-corrected chi connectivity index (χ4v) is 2.33. The van der Waals surface area contributed by atoms with E-state index in [-0.39, 0.29) is 16.6 Å². The molecule has 20 heavy (non-hydrogen) atoms. The molecule has 0 bridgehead atoms. The van der Waals surface area contributed by atoms with Crippen molar-refractivity contribution in [1.29, 1.82) is 0 Å². The van der Waals surface area contributed by atoms with E-state index in [0.717, 1.165) is 11.3 Å². The van der Waals surface area contributed by atoms with E-state index >= 15 is 0 Å². The number of hydrogen-bond acceptors (Lipinski definition) is 5. The molecule has 0 aliphatic rings. The maximum atomic E-state index is 12.2. The van der Waals surface area contributed by atoms with Crippen molar-refractivity contribution in [3.8, 4) is 0 Å². The third-order valence-electron chi connectivity index (χ3n) is 2.31. The van der Waals surface area contributed by atoms with Crippen LogP contribution in [0.15, 0.2) is 23.6 Å². The van der Waals surface area contributed by atoms with E-state index in [1.165, 1.54) is 24.6 Å². The molecule has 8 heteroatoms. The number of aromatic nitrogens is 1. The molecule has 104 valence electrons. The maximum Gasteiger partial charge on any atom is 0.413 e. The Morgan fingerprint density at radius 3 is 2.70 bits per heavy atom. The van der Waals surface area contributed by atoms with E-state index in [1.807, 2.05) is 0 Å². The van der Waals surface area contributed by atoms with E-state index in [2.05, 4.69) is 15.0 Å². The van der Waals surface area contributed by atoms with Crippen molar-refractivity contribution in [3.63, 3.8) is 0 Å². The predicted molar refractivity (Wildman–Crippen MR) is 78.0 cm³/mol. The Morgan fingerprint density at radius 2 is 2.05 bits per heavy atom. The van der Waals surface area contributed by atoms with Gasteiger partial charge in [0.2, 0.25) is 5.78 Å². The van der Waals surface area contributed by atoms with E-state index in [9.17, 15) is 9.59 Å². The quantitative estimate of drug-likeness (QED) is 0.867. The molecule has 0 unspecified atom stereocenters. The highest BCUT2D eigenvalue weighted by atomic mass is 35.5. The Kier molecular flexibility index (Phi) is 4.59. The van der Waals surface area contributed by atoms with Gasteiger partial charge in [-0.25, -0.2) is 9.78 Å². The Bertz CT molecular complexity index is 672. The summed E-state index contributed by atoms with van der Waals surface area (Å²) in [6.07, 6.45) is -0.645. The monoisotopic (exact) mass is 330 g/mol. The van der Waals surface area contributed by atoms with Crippen LogP contribution in [-0.2, 0) is 4.74 Å². The number of hydrogen-bond donors (Lipinski definition) is 1. The fourth-order valence-electron chi connectivity index (χ4n) is 1.36. The van der Waals surface area contributed by atoms with Crippen LogP contribution in [0.2, 0.25) is 10.0 Å². The summed E-state index contributed by atoms with van der Waals surface area (Å²) in [6.45, 7) is 0. The lowest BCUT2D eigenvalue weighted by molar-refractivity contribution is 0.103. The molecule has 2 aromatic rings. The van der Waals surface area contributed by atoms with Gasteiger partial charge in [-0.15, -0.1) is 11.3 Å². The lowest BCUT2D eigenvalue weighted by Crippen LogP contribution is -2.11. The number of halogens is 2. The largest absolute Gasteiger partial charge is 0.453 e. The molecular formula is C12H8Cl2N2O3S. The van der Waals surface area contributed by atoms with Crippen LogP contribution in [0.25, 0.3) is 0 Å². The molecular weight excluding hydrogens is 323 g/mol. The van der Waals surface area contributed by atoms with Gasteiger partial charge in [0.1, 0.15) is 5.69 Å². The Morgan fingerprint density at radius 1 is 1.30 bits per heavy atom. The molecule has 1 aromatic carbocycles. The first-order valence-corrected chi connectivity index (χ1v) is 6.95. The van der Waals surface area contributed by atoms with Gasteiger partial charge in [-0.1, -0.05) is 23.2 Å². The number of benzene rings is 1. The summed E-state index contributed by atoms with van der Waals surface area (Å²) in [6, 6.07) is 4.57. The Hall–Kier alpha value is -1.63. The van der Waals surface area contributed by atoms with Gasteiger partial charge in [-0.05, 0) is 18.2 Å². The predicted octanol–water partition coefficient (Wildman–Crippen LogP) is 3.86. The topological polar surface area (TPSA) is 68.3 Å². The summed E-state index contributed by atoms with van der Waals surface area (Å²) in [5, 5.41) is 4.86. The third kappa shape index (κ3) is 3.27. The summed E-state index contributed by atoms with van der Waals surface area (Å²) in [4.78, 5) is 27.2. The minimum Gasteiger partial charge on any atom is -0.453 e. The number of carbonyl (C=O) groups is 2. The van der Waals surface area contributed by atoms with E-state index in [1.54, 1.807) is 6.07 Å². The lowest BCUT2D eigenvalue weighted by atomic mass is 10.1. The van der Waals surface area contributed by atoms with Crippen LogP contribution in [0, 0.1) is 0 Å². The van der Waals surface area contributed by atoms with Crippen LogP contribution in [0.4, 0.5) is 9.93 Å². The maximum absolute atomic E-state index is 12.2. The molecule has 0 saturated heterocycles. The number of carbonyl (C=O) groups excluding carboxylic acids is 2. The number of rotatable bonds is 3. The van der Waals surface area contributed by atoms with Crippen molar-refractivity contribution in [2.45, 2.75) is 0 Å². The molecule has 0 saturated carbocycles. The second kappa shape index (κ2) is 6.21. The molecule has 1 amide bonds. The van der Waals surface area contributed by atoms with Gasteiger partial charge in [0, 0.05) is 10.9 Å². The smallest absolute Gasteiger partial charge is 0.413 e. The number of thiazole rings is 1. The van der Waals surface area contributed by atoms with Crippen LogP contribution in [0.5, 0.6) is 0 Å². The van der Waals surface area contributed by atoms with E-state index in [0.29, 0.717) is 15.6 Å². The molecule has 2 rings (SSSR count). The minimum absolute atomic E-state index is 0.208. The minimum atomic E-state index is -0.645. The van der Waals surface area contributed by atoms with Gasteiger partial charge in [0.25, 0.3) is 0 Å². The first kappa shape index (κ1) is 14.8. The summed E-state index contributed by atoms with van der Waals surface area (Å²) < 4.78 is 4.44. The average Bonchev–Trinajstić information content (AvgIpc) is 2.89. The highest BCUT2D eigenvalue weighted by molar-refractivity contribution is 7.14. The normalized spacial score (nSPS) is 10.2. The second-order valence-corrected chi connectivity index (χ2v) is 5.28. The molecule has 0 spiro atoms. The summed E-state index contributed by atoms with van der Waals surface area (Å²) in [5.74, 6) is -0.308. The molecule has 1 heterocycles. The van der Waals surface area contributed by atoms with Crippen molar-refractivity contribution >= 4 is 51.5 Å². The summed E-state index contributed by atoms with van der Waals surface area (Å²) in [7, 11) is 1.24. The standard InChI is InChI=1S/C12H8Cl2N2O3S/c1-19-12(18)16-11-15-9(5-20-11)10(17)6-2-3-7(13)8(14)4-6/h2-5H,1H3,(H,15,16,18). The second-order valence-electron chi connectivity index (χ2n) is 3.61. The number of nitrogens with one attached hydrogen (secondary N) is 1. The average molecular weight is 331 g/mol. The molecule has 0 atom stereocenters. The molecule has 0 fully saturated rings. The molecule has 0 aliphatic heterocycles. The first-order chi connectivity index (χ1) is 9.51. The zero-order valence-corrected chi connectivity index (χ0v) is 12.5. The third-order valence-corrected chi connectivity index (χ3v) is 3.81. The number of nitrogens with zero attached hydrogens (tertiary/aromatic N) is 1. The zero-order chi connectivity index (χ0) is 14.7. The number of ketones is 1. The van der Waals surface area contributed by atoms with Crippen LogP contribution < -0.4 is 5.32 Å². The van der Waals surface area contributed by atoms with Crippen molar-refractivity contribution in [2.75, 3.05) is 12.4 Å².